The molecule has 2 aromatic carbocycles. The van der Waals surface area contributed by atoms with Gasteiger partial charge in [-0.2, -0.15) is 0 Å². The summed E-state index contributed by atoms with van der Waals surface area (Å²) < 4.78 is 0. The third-order valence-corrected chi connectivity index (χ3v) is 3.42. The van der Waals surface area contributed by atoms with E-state index < -0.39 is 0 Å². The SMILES string of the molecule is Cc1ccc(Cl)c(NC(C)c2ccccc2[N+](=O)[O-])c1. The van der Waals surface area contributed by atoms with Crippen LogP contribution in [0.25, 0.3) is 0 Å². The molecule has 4 nitrogen and oxygen atoms in total. The molecule has 20 heavy (non-hydrogen) atoms. The molecule has 1 unspecified atom stereocenters. The summed E-state index contributed by atoms with van der Waals surface area (Å²) in [4.78, 5) is 10.7. The first-order valence-electron chi connectivity index (χ1n) is 6.25. The van der Waals surface area contributed by atoms with Gasteiger partial charge in [-0.1, -0.05) is 35.9 Å². The fourth-order valence-electron chi connectivity index (χ4n) is 2.08. The van der Waals surface area contributed by atoms with Crippen molar-refractivity contribution < 1.29 is 4.92 Å². The average Bonchev–Trinajstić information content (AvgIpc) is 2.42. The molecule has 0 heterocycles. The molecule has 0 radical (unpaired) electrons. The molecule has 0 spiro atoms. The summed E-state index contributed by atoms with van der Waals surface area (Å²) in [6, 6.07) is 12.1. The molecule has 0 aliphatic carbocycles. The molecule has 0 amide bonds. The van der Waals surface area contributed by atoms with Crippen molar-refractivity contribution in [3.05, 3.63) is 68.7 Å². The molecule has 5 heteroatoms. The number of nitrogens with one attached hydrogen (secondary N) is 1. The number of para-hydroxylation sites is 1. The number of aryl methyl sites for hydroxylation is 1. The van der Waals surface area contributed by atoms with E-state index in [-0.39, 0.29) is 16.7 Å². The van der Waals surface area contributed by atoms with Gasteiger partial charge in [-0.25, -0.2) is 0 Å². The Balaban J connectivity index is 2.31. The van der Waals surface area contributed by atoms with Crippen molar-refractivity contribution in [2.45, 2.75) is 19.9 Å². The number of benzene rings is 2. The van der Waals surface area contributed by atoms with E-state index in [9.17, 15) is 10.1 Å². The molecule has 0 aliphatic heterocycles. The van der Waals surface area contributed by atoms with Gasteiger partial charge in [0.05, 0.1) is 27.2 Å². The molecule has 0 saturated heterocycles. The van der Waals surface area contributed by atoms with Crippen LogP contribution in [0.2, 0.25) is 5.02 Å². The lowest BCUT2D eigenvalue weighted by atomic mass is 10.1. The van der Waals surface area contributed by atoms with E-state index in [1.807, 2.05) is 32.0 Å². The molecular weight excluding hydrogens is 276 g/mol. The number of nitrogens with zero attached hydrogens (tertiary/aromatic N) is 1. The number of nitro groups is 1. The lowest BCUT2D eigenvalue weighted by molar-refractivity contribution is -0.385. The van der Waals surface area contributed by atoms with E-state index in [1.165, 1.54) is 6.07 Å². The van der Waals surface area contributed by atoms with Crippen LogP contribution in [-0.4, -0.2) is 4.92 Å². The van der Waals surface area contributed by atoms with Gasteiger partial charge < -0.3 is 5.32 Å². The van der Waals surface area contributed by atoms with Crippen LogP contribution in [-0.2, 0) is 0 Å². The zero-order chi connectivity index (χ0) is 14.7. The number of halogens is 1. The monoisotopic (exact) mass is 290 g/mol. The van der Waals surface area contributed by atoms with Crippen LogP contribution < -0.4 is 5.32 Å². The number of hydrogen-bond donors (Lipinski definition) is 1. The van der Waals surface area contributed by atoms with E-state index in [1.54, 1.807) is 18.2 Å². The second-order valence-electron chi connectivity index (χ2n) is 4.67. The molecule has 2 rings (SSSR count). The van der Waals surface area contributed by atoms with Crippen molar-refractivity contribution in [3.63, 3.8) is 0 Å². The average molecular weight is 291 g/mol. The largest absolute Gasteiger partial charge is 0.377 e. The van der Waals surface area contributed by atoms with Gasteiger partial charge in [0.25, 0.3) is 5.69 Å². The highest BCUT2D eigenvalue weighted by molar-refractivity contribution is 6.33. The predicted octanol–water partition coefficient (Wildman–Crippen LogP) is 4.73. The Morgan fingerprint density at radius 1 is 1.25 bits per heavy atom. The second-order valence-corrected chi connectivity index (χ2v) is 5.07. The van der Waals surface area contributed by atoms with E-state index in [0.29, 0.717) is 10.6 Å². The van der Waals surface area contributed by atoms with Crippen molar-refractivity contribution in [3.8, 4) is 0 Å². The molecule has 0 aliphatic rings. The van der Waals surface area contributed by atoms with Gasteiger partial charge in [0.2, 0.25) is 0 Å². The van der Waals surface area contributed by atoms with E-state index >= 15 is 0 Å². The summed E-state index contributed by atoms with van der Waals surface area (Å²) in [5.74, 6) is 0. The molecule has 104 valence electrons. The maximum Gasteiger partial charge on any atom is 0.274 e. The first-order chi connectivity index (χ1) is 9.49. The third-order valence-electron chi connectivity index (χ3n) is 3.09. The van der Waals surface area contributed by atoms with E-state index in [2.05, 4.69) is 5.32 Å². The Morgan fingerprint density at radius 3 is 2.65 bits per heavy atom. The van der Waals surface area contributed by atoms with Gasteiger partial charge in [0.1, 0.15) is 0 Å². The smallest absolute Gasteiger partial charge is 0.274 e. The standard InChI is InChI=1S/C15H15ClN2O2/c1-10-7-8-13(16)14(9-10)17-11(2)12-5-3-4-6-15(12)18(19)20/h3-9,11,17H,1-2H3. The summed E-state index contributed by atoms with van der Waals surface area (Å²) >= 11 is 6.13. The van der Waals surface area contributed by atoms with Crippen molar-refractivity contribution in [1.29, 1.82) is 0 Å². The van der Waals surface area contributed by atoms with Crippen LogP contribution in [0.4, 0.5) is 11.4 Å². The molecule has 0 saturated carbocycles. The number of rotatable bonds is 4. The lowest BCUT2D eigenvalue weighted by Crippen LogP contribution is -2.09. The van der Waals surface area contributed by atoms with Crippen LogP contribution in [0.5, 0.6) is 0 Å². The third kappa shape index (κ3) is 3.08. The Morgan fingerprint density at radius 2 is 1.95 bits per heavy atom. The highest BCUT2D eigenvalue weighted by Crippen LogP contribution is 2.30. The lowest BCUT2D eigenvalue weighted by Gasteiger charge is -2.17. The zero-order valence-electron chi connectivity index (χ0n) is 11.3. The summed E-state index contributed by atoms with van der Waals surface area (Å²) in [6.45, 7) is 3.85. The van der Waals surface area contributed by atoms with Gasteiger partial charge in [-0.05, 0) is 31.5 Å². The highest BCUT2D eigenvalue weighted by Gasteiger charge is 2.18. The van der Waals surface area contributed by atoms with Gasteiger partial charge in [0.15, 0.2) is 0 Å². The normalized spacial score (nSPS) is 11.9. The maximum absolute atomic E-state index is 11.1. The van der Waals surface area contributed by atoms with Gasteiger partial charge in [-0.3, -0.25) is 10.1 Å². The fraction of sp³-hybridized carbons (Fsp3) is 0.200. The predicted molar refractivity (Wildman–Crippen MR) is 81.3 cm³/mol. The molecular formula is C15H15ClN2O2. The minimum absolute atomic E-state index is 0.108. The molecule has 0 fully saturated rings. The Hall–Kier alpha value is -2.07. The minimum atomic E-state index is -0.370. The van der Waals surface area contributed by atoms with Gasteiger partial charge in [-0.15, -0.1) is 0 Å². The van der Waals surface area contributed by atoms with Crippen LogP contribution in [0.3, 0.4) is 0 Å². The minimum Gasteiger partial charge on any atom is -0.377 e. The second kappa shape index (κ2) is 5.92. The van der Waals surface area contributed by atoms with Crippen LogP contribution in [0, 0.1) is 17.0 Å². The van der Waals surface area contributed by atoms with Crippen LogP contribution in [0.15, 0.2) is 42.5 Å². The molecule has 1 N–H and O–H groups in total. The van der Waals surface area contributed by atoms with Crippen molar-refractivity contribution in [2.24, 2.45) is 0 Å². The summed E-state index contributed by atoms with van der Waals surface area (Å²) in [7, 11) is 0. The summed E-state index contributed by atoms with van der Waals surface area (Å²) in [5, 5.41) is 14.9. The summed E-state index contributed by atoms with van der Waals surface area (Å²) in [5.41, 5.74) is 2.59. The Bertz CT molecular complexity index is 644. The number of anilines is 1. The quantitative estimate of drug-likeness (QED) is 0.654. The van der Waals surface area contributed by atoms with Crippen LogP contribution in [0.1, 0.15) is 24.1 Å². The molecule has 1 atom stereocenters. The fourth-order valence-corrected chi connectivity index (χ4v) is 2.25. The zero-order valence-corrected chi connectivity index (χ0v) is 12.0. The molecule has 0 aromatic heterocycles. The van der Waals surface area contributed by atoms with E-state index in [0.717, 1.165) is 11.3 Å². The Kier molecular flexibility index (Phi) is 4.25. The molecule has 0 bridgehead atoms. The van der Waals surface area contributed by atoms with Crippen molar-refractivity contribution in [2.75, 3.05) is 5.32 Å². The van der Waals surface area contributed by atoms with Crippen LogP contribution >= 0.6 is 11.6 Å². The van der Waals surface area contributed by atoms with Crippen molar-refractivity contribution in [1.82, 2.24) is 0 Å². The van der Waals surface area contributed by atoms with Gasteiger partial charge in [0, 0.05) is 6.07 Å². The first kappa shape index (κ1) is 14.3. The first-order valence-corrected chi connectivity index (χ1v) is 6.63. The highest BCUT2D eigenvalue weighted by atomic mass is 35.5. The molecule has 2 aromatic rings. The maximum atomic E-state index is 11.1. The Labute approximate surface area is 122 Å². The summed E-state index contributed by atoms with van der Waals surface area (Å²) in [6.07, 6.45) is 0. The van der Waals surface area contributed by atoms with E-state index in [4.69, 9.17) is 11.6 Å². The topological polar surface area (TPSA) is 55.2 Å². The number of hydrogen-bond acceptors (Lipinski definition) is 3. The van der Waals surface area contributed by atoms with Gasteiger partial charge >= 0.3 is 0 Å². The van der Waals surface area contributed by atoms with Crippen molar-refractivity contribution >= 4 is 23.0 Å². The number of nitro benzene ring substituents is 1.